The number of oxazole rings is 1. The van der Waals surface area contributed by atoms with Crippen molar-refractivity contribution in [1.82, 2.24) is 14.3 Å². The highest BCUT2D eigenvalue weighted by molar-refractivity contribution is 7.89. The number of aliphatic hydroxyl groups is 1. The minimum atomic E-state index is -4.10. The van der Waals surface area contributed by atoms with Crippen LogP contribution in [0.4, 0.5) is 15.8 Å². The molecule has 2 aromatic carbocycles. The van der Waals surface area contributed by atoms with E-state index in [0.717, 1.165) is 21.8 Å². The number of amides is 1. The average Bonchev–Trinajstić information content (AvgIpc) is 3.58. The van der Waals surface area contributed by atoms with E-state index >= 15 is 0 Å². The van der Waals surface area contributed by atoms with Gasteiger partial charge >= 0.3 is 6.09 Å². The molecule has 1 amide bonds. The number of carboxylic acid groups (broad SMARTS) is 1. The minimum absolute atomic E-state index is 0.00790. The normalized spacial score (nSPS) is 13.6. The van der Waals surface area contributed by atoms with E-state index < -0.39 is 28.3 Å². The van der Waals surface area contributed by atoms with Crippen molar-refractivity contribution in [2.75, 3.05) is 37.0 Å². The van der Waals surface area contributed by atoms with Gasteiger partial charge in [-0.15, -0.1) is 11.3 Å². The van der Waals surface area contributed by atoms with Gasteiger partial charge in [0.2, 0.25) is 10.0 Å². The zero-order chi connectivity index (χ0) is 29.0. The first-order chi connectivity index (χ1) is 19.0. The predicted octanol–water partition coefficient (Wildman–Crippen LogP) is 4.15. The lowest BCUT2D eigenvalue weighted by Crippen LogP contribution is -2.53. The number of rotatable bonds is 12. The molecule has 214 valence electrons. The van der Waals surface area contributed by atoms with Gasteiger partial charge < -0.3 is 19.5 Å². The van der Waals surface area contributed by atoms with Gasteiger partial charge in [0.15, 0.2) is 5.58 Å². The molecule has 0 aliphatic carbocycles. The van der Waals surface area contributed by atoms with Crippen LogP contribution in [0.25, 0.3) is 11.1 Å². The Balaban J connectivity index is 1.70. The number of nitrogens with zero attached hydrogens (tertiary/aromatic N) is 5. The Hall–Kier alpha value is -3.52. The number of carbonyl (C=O) groups is 1. The fourth-order valence-electron chi connectivity index (χ4n) is 4.38. The van der Waals surface area contributed by atoms with Gasteiger partial charge in [-0.25, -0.2) is 13.2 Å². The second-order valence-corrected chi connectivity index (χ2v) is 12.9. The SMILES string of the molecule is CC(C)CN(CC(O)C(Cc1ccccc1)N(C(=O)O)c1cncs1)S(=O)(=O)c1ccc2nc(N(C)C)oc2c1. The Bertz CT molecular complexity index is 1520. The van der Waals surface area contributed by atoms with E-state index in [1.807, 2.05) is 44.2 Å². The minimum Gasteiger partial charge on any atom is -0.465 e. The van der Waals surface area contributed by atoms with Crippen LogP contribution < -0.4 is 9.80 Å². The largest absolute Gasteiger partial charge is 0.465 e. The van der Waals surface area contributed by atoms with E-state index in [2.05, 4.69) is 9.97 Å². The highest BCUT2D eigenvalue weighted by Gasteiger charge is 2.36. The molecule has 4 rings (SSSR count). The number of anilines is 2. The maximum Gasteiger partial charge on any atom is 0.412 e. The Morgan fingerprint density at radius 3 is 2.42 bits per heavy atom. The van der Waals surface area contributed by atoms with E-state index in [1.165, 1.54) is 28.1 Å². The monoisotopic (exact) mass is 587 g/mol. The topological polar surface area (TPSA) is 140 Å². The molecule has 2 heterocycles. The van der Waals surface area contributed by atoms with E-state index in [0.29, 0.717) is 22.1 Å². The molecule has 0 radical (unpaired) electrons. The summed E-state index contributed by atoms with van der Waals surface area (Å²) in [6.45, 7) is 3.54. The van der Waals surface area contributed by atoms with Crippen LogP contribution in [0, 0.1) is 5.92 Å². The summed E-state index contributed by atoms with van der Waals surface area (Å²) >= 11 is 1.12. The fraction of sp³-hybridized carbons (Fsp3) is 0.370. The summed E-state index contributed by atoms with van der Waals surface area (Å²) in [6, 6.07) is 13.0. The third-order valence-corrected chi connectivity index (χ3v) is 8.85. The fourth-order valence-corrected chi connectivity index (χ4v) is 6.70. The summed E-state index contributed by atoms with van der Waals surface area (Å²) in [5.74, 6) is -0.0685. The summed E-state index contributed by atoms with van der Waals surface area (Å²) in [5.41, 5.74) is 3.14. The standard InChI is InChI=1S/C27H33N5O6S2/c1-18(2)15-31(40(36,37)20-10-11-21-24(13-20)38-26(29-21)30(3)4)16-23(33)22(12-19-8-6-5-7-9-19)32(27(34)35)25-14-28-17-39-25/h5-11,13-14,17-18,22-23,33H,12,15-16H2,1-4H3,(H,34,35). The van der Waals surface area contributed by atoms with Gasteiger partial charge in [-0.3, -0.25) is 9.88 Å². The van der Waals surface area contributed by atoms with Crippen LogP contribution >= 0.6 is 11.3 Å². The average molecular weight is 588 g/mol. The zero-order valence-electron chi connectivity index (χ0n) is 22.7. The number of fused-ring (bicyclic) bond motifs is 1. The highest BCUT2D eigenvalue weighted by atomic mass is 32.2. The molecule has 0 fully saturated rings. The number of hydrogen-bond acceptors (Lipinski definition) is 9. The Labute approximate surface area is 237 Å². The molecule has 40 heavy (non-hydrogen) atoms. The molecule has 2 N–H and O–H groups in total. The lowest BCUT2D eigenvalue weighted by atomic mass is 9.99. The van der Waals surface area contributed by atoms with Crippen molar-refractivity contribution >= 4 is 49.6 Å². The van der Waals surface area contributed by atoms with Gasteiger partial charge in [-0.05, 0) is 30.0 Å². The van der Waals surface area contributed by atoms with Crippen LogP contribution in [0.2, 0.25) is 0 Å². The molecule has 0 aliphatic rings. The Morgan fingerprint density at radius 1 is 1.10 bits per heavy atom. The Morgan fingerprint density at radius 2 is 1.82 bits per heavy atom. The first-order valence-corrected chi connectivity index (χ1v) is 15.0. The van der Waals surface area contributed by atoms with Crippen LogP contribution in [-0.4, -0.2) is 78.3 Å². The third kappa shape index (κ3) is 6.61. The molecule has 0 aliphatic heterocycles. The number of aliphatic hydroxyl groups excluding tert-OH is 1. The van der Waals surface area contributed by atoms with Gasteiger partial charge in [0.05, 0.1) is 28.7 Å². The van der Waals surface area contributed by atoms with Gasteiger partial charge in [0.25, 0.3) is 6.01 Å². The second kappa shape index (κ2) is 12.3. The molecule has 4 aromatic rings. The molecular formula is C27H33N5O6S2. The van der Waals surface area contributed by atoms with Crippen LogP contribution in [0.5, 0.6) is 0 Å². The smallest absolute Gasteiger partial charge is 0.412 e. The number of benzene rings is 2. The van der Waals surface area contributed by atoms with Crippen molar-refractivity contribution in [3.8, 4) is 0 Å². The van der Waals surface area contributed by atoms with E-state index in [1.54, 1.807) is 25.1 Å². The predicted molar refractivity (Wildman–Crippen MR) is 154 cm³/mol. The first-order valence-electron chi connectivity index (χ1n) is 12.7. The summed E-state index contributed by atoms with van der Waals surface area (Å²) < 4.78 is 34.7. The van der Waals surface area contributed by atoms with Crippen molar-refractivity contribution in [3.05, 3.63) is 65.8 Å². The third-order valence-electron chi connectivity index (χ3n) is 6.25. The molecule has 0 bridgehead atoms. The van der Waals surface area contributed by atoms with E-state index in [4.69, 9.17) is 4.42 Å². The maximum absolute atomic E-state index is 13.9. The summed E-state index contributed by atoms with van der Waals surface area (Å²) in [5, 5.41) is 22.0. The summed E-state index contributed by atoms with van der Waals surface area (Å²) in [7, 11) is -0.563. The number of thiazole rings is 1. The van der Waals surface area contributed by atoms with Crippen molar-refractivity contribution in [1.29, 1.82) is 0 Å². The highest BCUT2D eigenvalue weighted by Crippen LogP contribution is 2.29. The maximum atomic E-state index is 13.9. The molecular weight excluding hydrogens is 554 g/mol. The quantitative estimate of drug-likeness (QED) is 0.250. The van der Waals surface area contributed by atoms with Crippen LogP contribution in [0.1, 0.15) is 19.4 Å². The molecule has 0 saturated heterocycles. The lowest BCUT2D eigenvalue weighted by molar-refractivity contribution is 0.109. The Kier molecular flexibility index (Phi) is 9.08. The molecule has 11 nitrogen and oxygen atoms in total. The summed E-state index contributed by atoms with van der Waals surface area (Å²) in [4.78, 5) is 23.5. The van der Waals surface area contributed by atoms with E-state index in [9.17, 15) is 23.4 Å². The number of hydrogen-bond donors (Lipinski definition) is 2. The van der Waals surface area contributed by atoms with Gasteiger partial charge in [-0.1, -0.05) is 44.2 Å². The van der Waals surface area contributed by atoms with Crippen LogP contribution in [-0.2, 0) is 16.4 Å². The molecule has 2 unspecified atom stereocenters. The molecule has 13 heteroatoms. The zero-order valence-corrected chi connectivity index (χ0v) is 24.3. The van der Waals surface area contributed by atoms with Crippen molar-refractivity contribution in [2.45, 2.75) is 37.3 Å². The second-order valence-electron chi connectivity index (χ2n) is 10.1. The summed E-state index contributed by atoms with van der Waals surface area (Å²) in [6.07, 6.45) is -1.05. The van der Waals surface area contributed by atoms with Gasteiger partial charge in [-0.2, -0.15) is 9.29 Å². The van der Waals surface area contributed by atoms with Gasteiger partial charge in [0.1, 0.15) is 10.5 Å². The number of sulfonamides is 1. The van der Waals surface area contributed by atoms with Crippen molar-refractivity contribution in [3.63, 3.8) is 0 Å². The molecule has 2 atom stereocenters. The van der Waals surface area contributed by atoms with Crippen molar-refractivity contribution < 1.29 is 27.8 Å². The lowest BCUT2D eigenvalue weighted by Gasteiger charge is -2.35. The molecule has 0 spiro atoms. The number of aromatic nitrogens is 2. The first kappa shape index (κ1) is 29.5. The van der Waals surface area contributed by atoms with Gasteiger partial charge in [0, 0.05) is 33.3 Å². The molecule has 2 aromatic heterocycles. The van der Waals surface area contributed by atoms with Crippen molar-refractivity contribution in [2.24, 2.45) is 5.92 Å². The van der Waals surface area contributed by atoms with E-state index in [-0.39, 0.29) is 30.3 Å². The van der Waals surface area contributed by atoms with Crippen LogP contribution in [0.3, 0.4) is 0 Å². The molecule has 0 saturated carbocycles. The van der Waals surface area contributed by atoms with Crippen LogP contribution in [0.15, 0.2) is 69.6 Å².